The number of fused-ring (bicyclic) bond motifs is 1. The highest BCUT2D eigenvalue weighted by Crippen LogP contribution is 2.21. The van der Waals surface area contributed by atoms with Gasteiger partial charge >= 0.3 is 6.03 Å². The van der Waals surface area contributed by atoms with Gasteiger partial charge in [-0.15, -0.1) is 0 Å². The lowest BCUT2D eigenvalue weighted by Crippen LogP contribution is -2.51. The van der Waals surface area contributed by atoms with E-state index in [0.717, 1.165) is 5.56 Å². The highest BCUT2D eigenvalue weighted by Gasteiger charge is 2.28. The van der Waals surface area contributed by atoms with Crippen LogP contribution in [0.1, 0.15) is 21.6 Å². The molecule has 1 aliphatic heterocycles. The van der Waals surface area contributed by atoms with E-state index < -0.39 is 0 Å². The smallest absolute Gasteiger partial charge is 0.321 e. The summed E-state index contributed by atoms with van der Waals surface area (Å²) in [6.07, 6.45) is 3.42. The molecule has 150 valence electrons. The van der Waals surface area contributed by atoms with Gasteiger partial charge in [-0.25, -0.2) is 14.3 Å². The number of aryl methyl sites for hydroxylation is 2. The minimum Gasteiger partial charge on any atom is -0.335 e. The Morgan fingerprint density at radius 3 is 2.55 bits per heavy atom. The summed E-state index contributed by atoms with van der Waals surface area (Å²) in [6.45, 7) is 5.50. The van der Waals surface area contributed by atoms with Gasteiger partial charge in [0.25, 0.3) is 5.91 Å². The number of urea groups is 1. The maximum Gasteiger partial charge on any atom is 0.321 e. The third-order valence-electron chi connectivity index (χ3n) is 5.06. The zero-order valence-electron chi connectivity index (χ0n) is 16.2. The number of rotatable bonds is 2. The number of carbonyl (C=O) groups is 2. The van der Waals surface area contributed by atoms with Crippen LogP contribution in [0.2, 0.25) is 5.02 Å². The number of nitrogens with one attached hydrogen (secondary N) is 1. The van der Waals surface area contributed by atoms with E-state index in [1.54, 1.807) is 45.8 Å². The Labute approximate surface area is 173 Å². The number of piperazine rings is 1. The van der Waals surface area contributed by atoms with Gasteiger partial charge in [-0.3, -0.25) is 4.79 Å². The standard InChI is InChI=1S/C20H21ClN6O2/c1-13-4-5-15(12-16(13)21)23-20(29)26-10-8-25(9-11-26)19(28)17-14(2)24-27-7-3-6-22-18(17)27/h3-7,12H,8-11H2,1-2H3,(H,23,29). The molecule has 3 amide bonds. The van der Waals surface area contributed by atoms with Crippen molar-refractivity contribution in [3.05, 3.63) is 58.5 Å². The fourth-order valence-corrected chi connectivity index (χ4v) is 3.57. The predicted octanol–water partition coefficient (Wildman–Crippen LogP) is 2.99. The lowest BCUT2D eigenvalue weighted by atomic mass is 10.2. The van der Waals surface area contributed by atoms with Crippen molar-refractivity contribution in [2.75, 3.05) is 31.5 Å². The van der Waals surface area contributed by atoms with Crippen molar-refractivity contribution >= 4 is 34.9 Å². The molecule has 0 spiro atoms. The first-order chi connectivity index (χ1) is 13.9. The number of aromatic nitrogens is 3. The Bertz CT molecular complexity index is 1090. The van der Waals surface area contributed by atoms with Crippen LogP contribution in [0.25, 0.3) is 5.65 Å². The quantitative estimate of drug-likeness (QED) is 0.701. The molecule has 3 aromatic rings. The molecule has 1 aromatic carbocycles. The molecule has 1 aliphatic rings. The van der Waals surface area contributed by atoms with Crippen molar-refractivity contribution in [2.45, 2.75) is 13.8 Å². The van der Waals surface area contributed by atoms with Gasteiger partial charge in [0, 0.05) is 49.3 Å². The number of hydrogen-bond donors (Lipinski definition) is 1. The predicted molar refractivity (Wildman–Crippen MR) is 110 cm³/mol. The topological polar surface area (TPSA) is 82.8 Å². The summed E-state index contributed by atoms with van der Waals surface area (Å²) in [5.74, 6) is -0.110. The minimum atomic E-state index is -0.203. The molecule has 0 atom stereocenters. The first-order valence-electron chi connectivity index (χ1n) is 9.35. The molecule has 1 N–H and O–H groups in total. The van der Waals surface area contributed by atoms with E-state index in [1.807, 2.05) is 19.1 Å². The summed E-state index contributed by atoms with van der Waals surface area (Å²) in [4.78, 5) is 33.3. The molecule has 1 saturated heterocycles. The Balaban J connectivity index is 1.41. The van der Waals surface area contributed by atoms with Crippen LogP contribution in [0.4, 0.5) is 10.5 Å². The van der Waals surface area contributed by atoms with Crippen molar-refractivity contribution in [2.24, 2.45) is 0 Å². The molecule has 0 unspecified atom stereocenters. The lowest BCUT2D eigenvalue weighted by molar-refractivity contribution is 0.0672. The summed E-state index contributed by atoms with van der Waals surface area (Å²) >= 11 is 6.12. The molecule has 9 heteroatoms. The Kier molecular flexibility index (Phi) is 5.10. The number of halogens is 1. The van der Waals surface area contributed by atoms with E-state index in [-0.39, 0.29) is 11.9 Å². The van der Waals surface area contributed by atoms with Gasteiger partial charge in [-0.05, 0) is 37.6 Å². The Morgan fingerprint density at radius 1 is 1.10 bits per heavy atom. The molecule has 1 fully saturated rings. The first-order valence-corrected chi connectivity index (χ1v) is 9.73. The number of anilines is 1. The second kappa shape index (κ2) is 7.71. The maximum atomic E-state index is 13.0. The highest BCUT2D eigenvalue weighted by molar-refractivity contribution is 6.31. The van der Waals surface area contributed by atoms with Gasteiger partial charge in [-0.2, -0.15) is 5.10 Å². The van der Waals surface area contributed by atoms with E-state index in [4.69, 9.17) is 11.6 Å². The molecular weight excluding hydrogens is 392 g/mol. The van der Waals surface area contributed by atoms with Gasteiger partial charge in [0.05, 0.1) is 5.69 Å². The summed E-state index contributed by atoms with van der Waals surface area (Å²) in [6, 6.07) is 6.98. The van der Waals surface area contributed by atoms with Crippen LogP contribution >= 0.6 is 11.6 Å². The van der Waals surface area contributed by atoms with Crippen molar-refractivity contribution < 1.29 is 9.59 Å². The summed E-state index contributed by atoms with van der Waals surface area (Å²) < 4.78 is 1.61. The van der Waals surface area contributed by atoms with Crippen LogP contribution in [0.5, 0.6) is 0 Å². The highest BCUT2D eigenvalue weighted by atomic mass is 35.5. The van der Waals surface area contributed by atoms with Crippen LogP contribution in [0, 0.1) is 13.8 Å². The molecule has 4 rings (SSSR count). The second-order valence-electron chi connectivity index (χ2n) is 7.02. The monoisotopic (exact) mass is 412 g/mol. The zero-order valence-corrected chi connectivity index (χ0v) is 17.0. The fraction of sp³-hybridized carbons (Fsp3) is 0.300. The third-order valence-corrected chi connectivity index (χ3v) is 5.47. The molecule has 29 heavy (non-hydrogen) atoms. The average Bonchev–Trinajstić information content (AvgIpc) is 3.06. The van der Waals surface area contributed by atoms with Crippen LogP contribution < -0.4 is 5.32 Å². The van der Waals surface area contributed by atoms with Gasteiger partial charge in [0.2, 0.25) is 0 Å². The molecule has 0 radical (unpaired) electrons. The summed E-state index contributed by atoms with van der Waals surface area (Å²) in [5, 5.41) is 7.82. The molecule has 0 aliphatic carbocycles. The molecule has 2 aromatic heterocycles. The Morgan fingerprint density at radius 2 is 1.83 bits per heavy atom. The maximum absolute atomic E-state index is 13.0. The van der Waals surface area contributed by atoms with Gasteiger partial charge in [-0.1, -0.05) is 17.7 Å². The number of carbonyl (C=O) groups excluding carboxylic acids is 2. The molecule has 0 bridgehead atoms. The fourth-order valence-electron chi connectivity index (χ4n) is 3.39. The van der Waals surface area contributed by atoms with E-state index in [0.29, 0.717) is 53.8 Å². The first kappa shape index (κ1) is 19.2. The molecule has 8 nitrogen and oxygen atoms in total. The van der Waals surface area contributed by atoms with Gasteiger partial charge < -0.3 is 15.1 Å². The number of benzene rings is 1. The van der Waals surface area contributed by atoms with E-state index in [1.165, 1.54) is 0 Å². The van der Waals surface area contributed by atoms with Crippen molar-refractivity contribution in [1.29, 1.82) is 0 Å². The number of amides is 3. The molecule has 0 saturated carbocycles. The van der Waals surface area contributed by atoms with Crippen LogP contribution in [0.15, 0.2) is 36.7 Å². The summed E-state index contributed by atoms with van der Waals surface area (Å²) in [5.41, 5.74) is 3.31. The summed E-state index contributed by atoms with van der Waals surface area (Å²) in [7, 11) is 0. The van der Waals surface area contributed by atoms with Crippen molar-refractivity contribution in [1.82, 2.24) is 24.4 Å². The minimum absolute atomic E-state index is 0.110. The Hall–Kier alpha value is -3.13. The lowest BCUT2D eigenvalue weighted by Gasteiger charge is -2.34. The normalized spacial score (nSPS) is 14.3. The van der Waals surface area contributed by atoms with Crippen LogP contribution in [-0.4, -0.2) is 62.5 Å². The number of nitrogens with zero attached hydrogens (tertiary/aromatic N) is 5. The second-order valence-corrected chi connectivity index (χ2v) is 7.43. The molecule has 3 heterocycles. The van der Waals surface area contributed by atoms with E-state index in [9.17, 15) is 9.59 Å². The zero-order chi connectivity index (χ0) is 20.5. The SMILES string of the molecule is Cc1ccc(NC(=O)N2CCN(C(=O)c3c(C)nn4cccnc34)CC2)cc1Cl. The molecular formula is C20H21ClN6O2. The van der Waals surface area contributed by atoms with E-state index >= 15 is 0 Å². The van der Waals surface area contributed by atoms with Crippen LogP contribution in [-0.2, 0) is 0 Å². The van der Waals surface area contributed by atoms with Crippen molar-refractivity contribution in [3.8, 4) is 0 Å². The van der Waals surface area contributed by atoms with Crippen molar-refractivity contribution in [3.63, 3.8) is 0 Å². The average molecular weight is 413 g/mol. The van der Waals surface area contributed by atoms with Gasteiger partial charge in [0.15, 0.2) is 5.65 Å². The van der Waals surface area contributed by atoms with E-state index in [2.05, 4.69) is 15.4 Å². The number of hydrogen-bond acceptors (Lipinski definition) is 4. The third kappa shape index (κ3) is 3.75. The van der Waals surface area contributed by atoms with Crippen LogP contribution in [0.3, 0.4) is 0 Å². The largest absolute Gasteiger partial charge is 0.335 e. The van der Waals surface area contributed by atoms with Gasteiger partial charge in [0.1, 0.15) is 5.56 Å².